The third kappa shape index (κ3) is 4.78. The zero-order chi connectivity index (χ0) is 25.5. The molecule has 1 aromatic carbocycles. The first-order valence-electron chi connectivity index (χ1n) is 12.7. The first kappa shape index (κ1) is 25.1. The predicted molar refractivity (Wildman–Crippen MR) is 134 cm³/mol. The van der Waals surface area contributed by atoms with E-state index in [1.54, 1.807) is 38.5 Å². The summed E-state index contributed by atoms with van der Waals surface area (Å²) in [4.78, 5) is 39.7. The molecule has 2 fully saturated rings. The fourth-order valence-electron chi connectivity index (χ4n) is 6.41. The minimum absolute atomic E-state index is 0.229. The van der Waals surface area contributed by atoms with Crippen molar-refractivity contribution < 1.29 is 18.8 Å². The van der Waals surface area contributed by atoms with E-state index >= 15 is 0 Å². The third-order valence-corrected chi connectivity index (χ3v) is 8.24. The van der Waals surface area contributed by atoms with E-state index in [1.807, 2.05) is 0 Å². The second-order valence-corrected chi connectivity index (χ2v) is 10.7. The van der Waals surface area contributed by atoms with Gasteiger partial charge >= 0.3 is 0 Å². The summed E-state index contributed by atoms with van der Waals surface area (Å²) >= 11 is 0. The highest BCUT2D eigenvalue weighted by molar-refractivity contribution is 6.43. The zero-order valence-corrected chi connectivity index (χ0v) is 21.4. The van der Waals surface area contributed by atoms with Crippen LogP contribution >= 0.6 is 0 Å². The van der Waals surface area contributed by atoms with Crippen LogP contribution in [0.15, 0.2) is 18.2 Å². The summed E-state index contributed by atoms with van der Waals surface area (Å²) in [5.74, 6) is -0.753. The number of benzene rings is 1. The Labute approximate surface area is 206 Å². The van der Waals surface area contributed by atoms with Crippen LogP contribution in [0.2, 0.25) is 0 Å². The summed E-state index contributed by atoms with van der Waals surface area (Å²) in [5.41, 5.74) is 2.23. The Balaban J connectivity index is 1.56. The van der Waals surface area contributed by atoms with Crippen LogP contribution in [0.1, 0.15) is 89.5 Å². The van der Waals surface area contributed by atoms with E-state index in [4.69, 9.17) is 0 Å². The summed E-state index contributed by atoms with van der Waals surface area (Å²) in [6.45, 7) is 7.27. The Bertz CT molecular complexity index is 1180. The SMILES string of the molecule is CCC1CC2CCCC(NC(=O)C(=O)c3c(C)c(C(=O)Nc4ccc(F)c(C)c4)c(C)n3C)(C1)C2. The number of aryl methyl sites for hydroxylation is 1. The maximum Gasteiger partial charge on any atom is 0.294 e. The van der Waals surface area contributed by atoms with Crippen LogP contribution in [0, 0.1) is 38.4 Å². The molecule has 0 spiro atoms. The van der Waals surface area contributed by atoms with Gasteiger partial charge in [-0.25, -0.2) is 4.39 Å². The molecule has 3 unspecified atom stereocenters. The lowest BCUT2D eigenvalue weighted by molar-refractivity contribution is -0.120. The summed E-state index contributed by atoms with van der Waals surface area (Å²) in [6, 6.07) is 4.36. The predicted octanol–water partition coefficient (Wildman–Crippen LogP) is 5.39. The highest BCUT2D eigenvalue weighted by atomic mass is 19.1. The molecule has 35 heavy (non-hydrogen) atoms. The number of aromatic nitrogens is 1. The third-order valence-electron chi connectivity index (χ3n) is 8.24. The minimum atomic E-state index is -0.611. The van der Waals surface area contributed by atoms with Gasteiger partial charge in [-0.3, -0.25) is 14.4 Å². The molecule has 2 N–H and O–H groups in total. The van der Waals surface area contributed by atoms with Gasteiger partial charge in [0.2, 0.25) is 0 Å². The summed E-state index contributed by atoms with van der Waals surface area (Å²) < 4.78 is 15.2. The second-order valence-electron chi connectivity index (χ2n) is 10.7. The highest BCUT2D eigenvalue weighted by Gasteiger charge is 2.44. The number of hydrogen-bond donors (Lipinski definition) is 2. The Hall–Kier alpha value is -2.96. The maximum atomic E-state index is 13.6. The Kier molecular flexibility index (Phi) is 6.89. The van der Waals surface area contributed by atoms with Crippen molar-refractivity contribution in [3.63, 3.8) is 0 Å². The van der Waals surface area contributed by atoms with Gasteiger partial charge in [0, 0.05) is 24.0 Å². The largest absolute Gasteiger partial charge is 0.344 e. The highest BCUT2D eigenvalue weighted by Crippen LogP contribution is 2.46. The molecule has 6 nitrogen and oxygen atoms in total. The molecule has 2 aromatic rings. The lowest BCUT2D eigenvalue weighted by Crippen LogP contribution is -2.56. The van der Waals surface area contributed by atoms with Crippen molar-refractivity contribution in [2.24, 2.45) is 18.9 Å². The van der Waals surface area contributed by atoms with Gasteiger partial charge in [-0.15, -0.1) is 0 Å². The first-order chi connectivity index (χ1) is 16.5. The molecule has 7 heteroatoms. The molecule has 2 aliphatic carbocycles. The van der Waals surface area contributed by atoms with Crippen molar-refractivity contribution in [2.45, 2.75) is 78.2 Å². The lowest BCUT2D eigenvalue weighted by atomic mass is 9.63. The number of nitrogens with one attached hydrogen (secondary N) is 2. The van der Waals surface area contributed by atoms with Crippen LogP contribution in [-0.4, -0.2) is 27.7 Å². The van der Waals surface area contributed by atoms with E-state index in [9.17, 15) is 18.8 Å². The Morgan fingerprint density at radius 2 is 1.91 bits per heavy atom. The van der Waals surface area contributed by atoms with Gasteiger partial charge in [0.25, 0.3) is 17.6 Å². The minimum Gasteiger partial charge on any atom is -0.344 e. The average Bonchev–Trinajstić information content (AvgIpc) is 3.03. The van der Waals surface area contributed by atoms with Crippen molar-refractivity contribution in [1.29, 1.82) is 0 Å². The van der Waals surface area contributed by atoms with Crippen molar-refractivity contribution in [1.82, 2.24) is 9.88 Å². The molecule has 2 amide bonds. The van der Waals surface area contributed by atoms with Crippen molar-refractivity contribution in [3.05, 3.63) is 52.1 Å². The fourth-order valence-corrected chi connectivity index (χ4v) is 6.41. The molecule has 1 heterocycles. The standard InChI is InChI=1S/C28H36FN3O3/c1-6-19-13-20-8-7-11-28(14-19,15-20)31-27(35)25(33)24-17(3)23(18(4)32(24)5)26(34)30-21-9-10-22(29)16(2)12-21/h9-10,12,19-20H,6-8,11,13-15H2,1-5H3,(H,30,34)(H,31,35). The number of amides is 2. The molecule has 2 bridgehead atoms. The van der Waals surface area contributed by atoms with Crippen LogP contribution in [-0.2, 0) is 11.8 Å². The molecule has 0 saturated heterocycles. The van der Waals surface area contributed by atoms with E-state index in [2.05, 4.69) is 17.6 Å². The van der Waals surface area contributed by atoms with E-state index in [0.29, 0.717) is 39.9 Å². The molecular weight excluding hydrogens is 445 g/mol. The number of carbonyl (C=O) groups is 3. The molecule has 3 atom stereocenters. The van der Waals surface area contributed by atoms with Gasteiger partial charge in [0.05, 0.1) is 11.3 Å². The van der Waals surface area contributed by atoms with Crippen LogP contribution in [0.5, 0.6) is 0 Å². The molecule has 2 aliphatic rings. The summed E-state index contributed by atoms with van der Waals surface area (Å²) in [5, 5.41) is 5.94. The van der Waals surface area contributed by atoms with E-state index < -0.39 is 17.6 Å². The molecule has 0 aliphatic heterocycles. The second kappa shape index (κ2) is 9.59. The van der Waals surface area contributed by atoms with Crippen LogP contribution < -0.4 is 10.6 Å². The van der Waals surface area contributed by atoms with Crippen LogP contribution in [0.4, 0.5) is 10.1 Å². The molecule has 0 radical (unpaired) electrons. The van der Waals surface area contributed by atoms with Crippen molar-refractivity contribution >= 4 is 23.3 Å². The molecular formula is C28H36FN3O3. The van der Waals surface area contributed by atoms with Crippen molar-refractivity contribution in [3.8, 4) is 0 Å². The number of nitrogens with zero attached hydrogens (tertiary/aromatic N) is 1. The first-order valence-corrected chi connectivity index (χ1v) is 12.7. The fraction of sp³-hybridized carbons (Fsp3) is 0.536. The topological polar surface area (TPSA) is 80.2 Å². The zero-order valence-electron chi connectivity index (χ0n) is 21.4. The van der Waals surface area contributed by atoms with Crippen LogP contribution in [0.3, 0.4) is 0 Å². The lowest BCUT2D eigenvalue weighted by Gasteiger charge is -2.48. The van der Waals surface area contributed by atoms with Gasteiger partial charge in [0.15, 0.2) is 0 Å². The number of hydrogen-bond acceptors (Lipinski definition) is 3. The summed E-state index contributed by atoms with van der Waals surface area (Å²) in [7, 11) is 1.70. The number of halogens is 1. The normalized spacial score (nSPS) is 23.6. The van der Waals surface area contributed by atoms with E-state index in [1.165, 1.54) is 25.0 Å². The average molecular weight is 482 g/mol. The Morgan fingerprint density at radius 3 is 2.60 bits per heavy atom. The van der Waals surface area contributed by atoms with E-state index in [0.717, 1.165) is 32.1 Å². The van der Waals surface area contributed by atoms with Gasteiger partial charge in [-0.05, 0) is 87.6 Å². The van der Waals surface area contributed by atoms with Crippen LogP contribution in [0.25, 0.3) is 0 Å². The number of Topliss-reactive ketones (excluding diaryl/α,β-unsaturated/α-hetero) is 1. The number of ketones is 1. The quantitative estimate of drug-likeness (QED) is 0.429. The molecule has 1 aromatic heterocycles. The van der Waals surface area contributed by atoms with Gasteiger partial charge in [0.1, 0.15) is 5.82 Å². The molecule has 2 saturated carbocycles. The van der Waals surface area contributed by atoms with Gasteiger partial charge in [-0.2, -0.15) is 0 Å². The number of anilines is 1. The van der Waals surface area contributed by atoms with Gasteiger partial charge in [-0.1, -0.05) is 26.2 Å². The maximum absolute atomic E-state index is 13.6. The van der Waals surface area contributed by atoms with Gasteiger partial charge < -0.3 is 15.2 Å². The molecule has 4 rings (SSSR count). The summed E-state index contributed by atoms with van der Waals surface area (Å²) in [6.07, 6.45) is 7.35. The Morgan fingerprint density at radius 1 is 1.17 bits per heavy atom. The molecule has 188 valence electrons. The number of carbonyl (C=O) groups excluding carboxylic acids is 3. The smallest absolute Gasteiger partial charge is 0.294 e. The van der Waals surface area contributed by atoms with E-state index in [-0.39, 0.29) is 17.1 Å². The monoisotopic (exact) mass is 481 g/mol. The number of rotatable bonds is 6. The van der Waals surface area contributed by atoms with Crippen molar-refractivity contribution in [2.75, 3.05) is 5.32 Å². The number of fused-ring (bicyclic) bond motifs is 2.